The Labute approximate surface area is 119 Å². The molecule has 1 N–H and O–H groups in total. The number of halogens is 1. The number of hydrogen-bond donors (Lipinski definition) is 1. The van der Waals surface area contributed by atoms with Gasteiger partial charge >= 0.3 is 0 Å². The molecule has 102 valence electrons. The van der Waals surface area contributed by atoms with Crippen LogP contribution in [0.25, 0.3) is 0 Å². The van der Waals surface area contributed by atoms with Gasteiger partial charge in [0.1, 0.15) is 0 Å². The second-order valence-corrected chi connectivity index (χ2v) is 5.96. The molecule has 5 nitrogen and oxygen atoms in total. The van der Waals surface area contributed by atoms with E-state index < -0.39 is 4.92 Å². The first-order valence-electron chi connectivity index (χ1n) is 6.19. The largest absolute Gasteiger partial charge is 0.348 e. The topological polar surface area (TPSA) is 72.2 Å². The van der Waals surface area contributed by atoms with E-state index >= 15 is 0 Å². The number of nitrogens with zero attached hydrogens (tertiary/aromatic N) is 1. The van der Waals surface area contributed by atoms with E-state index in [0.29, 0.717) is 16.0 Å². The highest BCUT2D eigenvalue weighted by atomic mass is 79.9. The Morgan fingerprint density at radius 3 is 2.74 bits per heavy atom. The second kappa shape index (κ2) is 5.69. The molecule has 0 radical (unpaired) electrons. The van der Waals surface area contributed by atoms with Crippen LogP contribution in [0.1, 0.15) is 35.2 Å². The standard InChI is InChI=1S/C13H15BrN2O3/c1-8-7-9(16(18)19)5-6-10(8)13(17)15-12-4-2-3-11(12)14/h5-7,11-12H,2-4H2,1H3,(H,15,17). The first-order valence-corrected chi connectivity index (χ1v) is 7.10. The number of non-ortho nitro benzene ring substituents is 1. The van der Waals surface area contributed by atoms with Crippen molar-refractivity contribution < 1.29 is 9.72 Å². The lowest BCUT2D eigenvalue weighted by molar-refractivity contribution is -0.384. The van der Waals surface area contributed by atoms with Crippen LogP contribution in [0.2, 0.25) is 0 Å². The molecule has 1 aromatic carbocycles. The highest BCUT2D eigenvalue weighted by molar-refractivity contribution is 9.09. The number of carbonyl (C=O) groups is 1. The summed E-state index contributed by atoms with van der Waals surface area (Å²) < 4.78 is 0. The third-order valence-corrected chi connectivity index (χ3v) is 4.51. The summed E-state index contributed by atoms with van der Waals surface area (Å²) in [5.74, 6) is -0.163. The van der Waals surface area contributed by atoms with Gasteiger partial charge < -0.3 is 5.32 Å². The van der Waals surface area contributed by atoms with E-state index in [-0.39, 0.29) is 17.6 Å². The molecule has 0 bridgehead atoms. The van der Waals surface area contributed by atoms with Crippen molar-refractivity contribution >= 4 is 27.5 Å². The summed E-state index contributed by atoms with van der Waals surface area (Å²) in [6, 6.07) is 4.44. The lowest BCUT2D eigenvalue weighted by atomic mass is 10.1. The van der Waals surface area contributed by atoms with Crippen LogP contribution in [0, 0.1) is 17.0 Å². The Hall–Kier alpha value is -1.43. The number of nitrogens with one attached hydrogen (secondary N) is 1. The zero-order chi connectivity index (χ0) is 14.0. The summed E-state index contributed by atoms with van der Waals surface area (Å²) in [5.41, 5.74) is 1.13. The normalized spacial score (nSPS) is 22.2. The van der Waals surface area contributed by atoms with Crippen LogP contribution < -0.4 is 5.32 Å². The van der Waals surface area contributed by atoms with Crippen LogP contribution in [0.4, 0.5) is 5.69 Å². The molecule has 1 saturated carbocycles. The summed E-state index contributed by atoms with van der Waals surface area (Å²) in [6.07, 6.45) is 3.12. The van der Waals surface area contributed by atoms with Gasteiger partial charge in [-0.3, -0.25) is 14.9 Å². The van der Waals surface area contributed by atoms with Crippen LogP contribution in [0.3, 0.4) is 0 Å². The van der Waals surface area contributed by atoms with Crippen molar-refractivity contribution in [1.82, 2.24) is 5.32 Å². The quantitative estimate of drug-likeness (QED) is 0.527. The Balaban J connectivity index is 2.13. The predicted molar refractivity (Wildman–Crippen MR) is 75.7 cm³/mol. The van der Waals surface area contributed by atoms with Gasteiger partial charge in [0.05, 0.1) is 4.92 Å². The number of aryl methyl sites for hydroxylation is 1. The number of nitro groups is 1. The van der Waals surface area contributed by atoms with Crippen molar-refractivity contribution in [2.24, 2.45) is 0 Å². The van der Waals surface area contributed by atoms with Gasteiger partial charge in [-0.25, -0.2) is 0 Å². The van der Waals surface area contributed by atoms with Gasteiger partial charge in [-0.2, -0.15) is 0 Å². The van der Waals surface area contributed by atoms with Gasteiger partial charge in [0.25, 0.3) is 11.6 Å². The molecule has 1 fully saturated rings. The maximum atomic E-state index is 12.1. The van der Waals surface area contributed by atoms with Gasteiger partial charge in [0, 0.05) is 28.6 Å². The molecule has 1 amide bonds. The zero-order valence-corrected chi connectivity index (χ0v) is 12.1. The minimum Gasteiger partial charge on any atom is -0.348 e. The summed E-state index contributed by atoms with van der Waals surface area (Å²) in [4.78, 5) is 22.7. The summed E-state index contributed by atoms with van der Waals surface area (Å²) in [6.45, 7) is 1.71. The Bertz CT molecular complexity index is 519. The number of hydrogen-bond acceptors (Lipinski definition) is 3. The number of rotatable bonds is 3. The number of nitro benzene ring substituents is 1. The molecule has 2 atom stereocenters. The minimum absolute atomic E-state index is 0.00767. The molecule has 1 aliphatic carbocycles. The van der Waals surface area contributed by atoms with Crippen molar-refractivity contribution in [2.45, 2.75) is 37.1 Å². The van der Waals surface area contributed by atoms with Gasteiger partial charge in [-0.1, -0.05) is 22.4 Å². The first kappa shape index (κ1) is 14.0. The lowest BCUT2D eigenvalue weighted by Crippen LogP contribution is -2.37. The van der Waals surface area contributed by atoms with Crippen molar-refractivity contribution in [2.75, 3.05) is 0 Å². The SMILES string of the molecule is Cc1cc([N+](=O)[O-])ccc1C(=O)NC1CCCC1Br. The molecule has 2 rings (SSSR count). The summed E-state index contributed by atoms with van der Waals surface area (Å²) >= 11 is 3.55. The number of benzene rings is 1. The molecule has 0 aliphatic heterocycles. The Kier molecular flexibility index (Phi) is 4.19. The average Bonchev–Trinajstić information content (AvgIpc) is 2.74. The van der Waals surface area contributed by atoms with Crippen LogP contribution in [0.15, 0.2) is 18.2 Å². The maximum absolute atomic E-state index is 12.1. The molecular formula is C13H15BrN2O3. The number of amides is 1. The molecule has 1 aromatic rings. The van der Waals surface area contributed by atoms with Gasteiger partial charge in [0.2, 0.25) is 0 Å². The zero-order valence-electron chi connectivity index (χ0n) is 10.6. The van der Waals surface area contributed by atoms with Crippen LogP contribution in [0.5, 0.6) is 0 Å². The Morgan fingerprint density at radius 2 is 2.21 bits per heavy atom. The van der Waals surface area contributed by atoms with E-state index in [1.165, 1.54) is 18.2 Å². The molecule has 6 heteroatoms. The van der Waals surface area contributed by atoms with Crippen LogP contribution in [-0.4, -0.2) is 21.7 Å². The Morgan fingerprint density at radius 1 is 1.47 bits per heavy atom. The predicted octanol–water partition coefficient (Wildman–Crippen LogP) is 2.95. The molecule has 2 unspecified atom stereocenters. The molecule has 19 heavy (non-hydrogen) atoms. The average molecular weight is 327 g/mol. The highest BCUT2D eigenvalue weighted by Crippen LogP contribution is 2.26. The summed E-state index contributed by atoms with van der Waals surface area (Å²) in [5, 5.41) is 13.6. The van der Waals surface area contributed by atoms with E-state index in [0.717, 1.165) is 19.3 Å². The number of carbonyl (C=O) groups excluding carboxylic acids is 1. The summed E-state index contributed by atoms with van der Waals surface area (Å²) in [7, 11) is 0. The third-order valence-electron chi connectivity index (χ3n) is 3.41. The van der Waals surface area contributed by atoms with E-state index in [4.69, 9.17) is 0 Å². The smallest absolute Gasteiger partial charge is 0.269 e. The monoisotopic (exact) mass is 326 g/mol. The van der Waals surface area contributed by atoms with Crippen molar-refractivity contribution in [3.63, 3.8) is 0 Å². The van der Waals surface area contributed by atoms with Crippen molar-refractivity contribution in [3.05, 3.63) is 39.4 Å². The molecule has 0 heterocycles. The molecule has 0 aromatic heterocycles. The fraction of sp³-hybridized carbons (Fsp3) is 0.462. The maximum Gasteiger partial charge on any atom is 0.269 e. The fourth-order valence-corrected chi connectivity index (χ4v) is 3.06. The van der Waals surface area contributed by atoms with Crippen molar-refractivity contribution in [1.29, 1.82) is 0 Å². The van der Waals surface area contributed by atoms with E-state index in [1.54, 1.807) is 6.92 Å². The lowest BCUT2D eigenvalue weighted by Gasteiger charge is -2.16. The molecule has 0 saturated heterocycles. The van der Waals surface area contributed by atoms with E-state index in [1.807, 2.05) is 0 Å². The van der Waals surface area contributed by atoms with E-state index in [9.17, 15) is 14.9 Å². The van der Waals surface area contributed by atoms with Crippen LogP contribution >= 0.6 is 15.9 Å². The molecule has 0 spiro atoms. The third kappa shape index (κ3) is 3.12. The number of alkyl halides is 1. The first-order chi connectivity index (χ1) is 8.99. The second-order valence-electron chi connectivity index (χ2n) is 4.78. The minimum atomic E-state index is -0.458. The van der Waals surface area contributed by atoms with Crippen LogP contribution in [-0.2, 0) is 0 Å². The fourth-order valence-electron chi connectivity index (χ4n) is 2.34. The van der Waals surface area contributed by atoms with Gasteiger partial charge in [-0.15, -0.1) is 0 Å². The van der Waals surface area contributed by atoms with Crippen molar-refractivity contribution in [3.8, 4) is 0 Å². The van der Waals surface area contributed by atoms with Gasteiger partial charge in [-0.05, 0) is 31.4 Å². The van der Waals surface area contributed by atoms with Gasteiger partial charge in [0.15, 0.2) is 0 Å². The molecular weight excluding hydrogens is 312 g/mol. The van der Waals surface area contributed by atoms with E-state index in [2.05, 4.69) is 21.2 Å². The highest BCUT2D eigenvalue weighted by Gasteiger charge is 2.27. The molecule has 1 aliphatic rings.